The monoisotopic (exact) mass is 785 g/mol. The van der Waals surface area contributed by atoms with Crippen molar-refractivity contribution in [3.63, 3.8) is 0 Å². The second kappa shape index (κ2) is 19.7. The Balaban J connectivity index is 1.15. The first kappa shape index (κ1) is 42.8. The van der Waals surface area contributed by atoms with E-state index in [9.17, 15) is 19.2 Å². The number of carbonyl (C=O) groups excluding carboxylic acids is 4. The van der Waals surface area contributed by atoms with Crippen molar-refractivity contribution in [2.75, 3.05) is 77.3 Å². The van der Waals surface area contributed by atoms with Crippen molar-refractivity contribution < 1.29 is 38.1 Å². The van der Waals surface area contributed by atoms with Crippen LogP contribution in [0.2, 0.25) is 0 Å². The van der Waals surface area contributed by atoms with Crippen LogP contribution in [0.1, 0.15) is 80.5 Å². The van der Waals surface area contributed by atoms with Gasteiger partial charge in [-0.1, -0.05) is 31.2 Å². The Bertz CT molecular complexity index is 1850. The zero-order valence-electron chi connectivity index (χ0n) is 34.5. The number of likely N-dealkylation sites (tertiary alicyclic amines) is 1. The summed E-state index contributed by atoms with van der Waals surface area (Å²) in [7, 11) is 5.25. The summed E-state index contributed by atoms with van der Waals surface area (Å²) in [6.07, 6.45) is 2.79. The molecule has 0 saturated carbocycles. The molecule has 2 heterocycles. The van der Waals surface area contributed by atoms with E-state index in [4.69, 9.17) is 18.9 Å². The van der Waals surface area contributed by atoms with Crippen LogP contribution in [0.5, 0.6) is 17.2 Å². The molecule has 2 fully saturated rings. The number of amides is 4. The maximum absolute atomic E-state index is 13.8. The first-order chi connectivity index (χ1) is 27.2. The van der Waals surface area contributed by atoms with Crippen molar-refractivity contribution in [3.8, 4) is 17.2 Å². The molecule has 13 nitrogen and oxygen atoms in total. The lowest BCUT2D eigenvalue weighted by molar-refractivity contribution is -0.133. The van der Waals surface area contributed by atoms with E-state index in [0.29, 0.717) is 84.6 Å². The van der Waals surface area contributed by atoms with Crippen molar-refractivity contribution in [2.24, 2.45) is 5.92 Å². The van der Waals surface area contributed by atoms with Gasteiger partial charge in [0.2, 0.25) is 5.91 Å². The third-order valence-electron chi connectivity index (χ3n) is 10.3. The van der Waals surface area contributed by atoms with Crippen molar-refractivity contribution >= 4 is 35.2 Å². The summed E-state index contributed by atoms with van der Waals surface area (Å²) < 4.78 is 23.6. The van der Waals surface area contributed by atoms with Crippen molar-refractivity contribution in [2.45, 2.75) is 71.5 Å². The molecule has 5 rings (SSSR count). The van der Waals surface area contributed by atoms with Gasteiger partial charge in [-0.2, -0.15) is 0 Å². The summed E-state index contributed by atoms with van der Waals surface area (Å²) in [4.78, 5) is 60.0. The number of para-hydroxylation sites is 3. The molecule has 0 spiro atoms. The molecular weight excluding hydrogens is 727 g/mol. The molecule has 1 unspecified atom stereocenters. The normalized spacial score (nSPS) is 15.7. The minimum absolute atomic E-state index is 0.178. The van der Waals surface area contributed by atoms with E-state index in [0.717, 1.165) is 39.0 Å². The lowest BCUT2D eigenvalue weighted by Crippen LogP contribution is -2.47. The fourth-order valence-corrected chi connectivity index (χ4v) is 6.79. The zero-order chi connectivity index (χ0) is 41.1. The van der Waals surface area contributed by atoms with Crippen LogP contribution in [0, 0.1) is 5.92 Å². The first-order valence-corrected chi connectivity index (χ1v) is 19.9. The molecule has 2 aliphatic heterocycles. The van der Waals surface area contributed by atoms with E-state index >= 15 is 0 Å². The highest BCUT2D eigenvalue weighted by molar-refractivity contribution is 6.09. The number of ether oxygens (including phenoxy) is 4. The Labute approximate surface area is 337 Å². The molecule has 2 saturated heterocycles. The third-order valence-corrected chi connectivity index (χ3v) is 10.3. The molecule has 3 aromatic rings. The number of rotatable bonds is 14. The predicted molar refractivity (Wildman–Crippen MR) is 221 cm³/mol. The summed E-state index contributed by atoms with van der Waals surface area (Å²) in [6.45, 7) is 12.5. The Kier molecular flexibility index (Phi) is 14.8. The largest absolute Gasteiger partial charge is 0.495 e. The predicted octanol–water partition coefficient (Wildman–Crippen LogP) is 6.96. The summed E-state index contributed by atoms with van der Waals surface area (Å²) in [5, 5.41) is 2.92. The average molecular weight is 786 g/mol. The minimum atomic E-state index is -0.567. The fourth-order valence-electron chi connectivity index (χ4n) is 6.79. The van der Waals surface area contributed by atoms with Gasteiger partial charge >= 0.3 is 6.09 Å². The van der Waals surface area contributed by atoms with Gasteiger partial charge in [0, 0.05) is 71.1 Å². The van der Waals surface area contributed by atoms with Crippen molar-refractivity contribution in [3.05, 3.63) is 77.9 Å². The number of anilines is 2. The number of methoxy groups -OCH3 is 1. The maximum atomic E-state index is 13.8. The highest BCUT2D eigenvalue weighted by atomic mass is 16.6. The lowest BCUT2D eigenvalue weighted by Gasteiger charge is -2.33. The molecule has 1 N–H and O–H groups in total. The Morgan fingerprint density at radius 1 is 0.842 bits per heavy atom. The summed E-state index contributed by atoms with van der Waals surface area (Å²) in [6, 6.07) is 19.3. The number of hydrogen-bond acceptors (Lipinski definition) is 9. The summed E-state index contributed by atoms with van der Waals surface area (Å²) in [5.74, 6) is 1.18. The molecule has 13 heteroatoms. The first-order valence-electron chi connectivity index (χ1n) is 19.9. The summed E-state index contributed by atoms with van der Waals surface area (Å²) >= 11 is 0. The third kappa shape index (κ3) is 12.1. The number of benzene rings is 3. The zero-order valence-corrected chi connectivity index (χ0v) is 34.5. The molecule has 0 radical (unpaired) electrons. The fraction of sp³-hybridized carbons (Fsp3) is 0.500. The SMILES string of the molecule is COc1cc(C(=O)N(C)c2ccccc2OCCC(C)CCC(=O)N2CCN(C)CC2)ccc1NC(=O)c1ccccc1OC1CCN(C(=O)OC(C)(C)C)CC1. The van der Waals surface area contributed by atoms with Gasteiger partial charge in [-0.05, 0) is 89.0 Å². The van der Waals surface area contributed by atoms with Crippen LogP contribution in [-0.4, -0.2) is 117 Å². The molecule has 0 bridgehead atoms. The molecule has 0 aromatic heterocycles. The van der Waals surface area contributed by atoms with Crippen LogP contribution < -0.4 is 24.4 Å². The van der Waals surface area contributed by atoms with E-state index in [1.54, 1.807) is 48.3 Å². The van der Waals surface area contributed by atoms with Crippen LogP contribution in [-0.2, 0) is 9.53 Å². The van der Waals surface area contributed by atoms with Gasteiger partial charge in [0.25, 0.3) is 11.8 Å². The van der Waals surface area contributed by atoms with E-state index in [2.05, 4.69) is 24.2 Å². The summed E-state index contributed by atoms with van der Waals surface area (Å²) in [5.41, 5.74) is 1.15. The highest BCUT2D eigenvalue weighted by Crippen LogP contribution is 2.32. The van der Waals surface area contributed by atoms with Gasteiger partial charge in [-0.3, -0.25) is 14.4 Å². The molecule has 0 aliphatic carbocycles. The van der Waals surface area contributed by atoms with E-state index in [1.807, 2.05) is 56.0 Å². The van der Waals surface area contributed by atoms with Gasteiger partial charge in [0.15, 0.2) is 0 Å². The molecule has 308 valence electrons. The second-order valence-corrected chi connectivity index (χ2v) is 15.9. The van der Waals surface area contributed by atoms with Crippen LogP contribution in [0.15, 0.2) is 66.7 Å². The quantitative estimate of drug-likeness (QED) is 0.184. The topological polar surface area (TPSA) is 130 Å². The van der Waals surface area contributed by atoms with Crippen LogP contribution >= 0.6 is 0 Å². The van der Waals surface area contributed by atoms with Gasteiger partial charge in [-0.25, -0.2) is 4.79 Å². The van der Waals surface area contributed by atoms with Crippen LogP contribution in [0.3, 0.4) is 0 Å². The standard InChI is InChI=1S/C44H59N5O8/c1-31(16-19-40(50)48-27-25-46(5)26-28-48)22-29-55-38-15-11-9-13-36(38)47(6)42(52)32-17-18-35(39(30-32)54-7)45-41(51)34-12-8-10-14-37(34)56-33-20-23-49(24-21-33)43(53)57-44(2,3)4/h8-15,17-18,30-31,33H,16,19-29H2,1-7H3,(H,45,51). The molecule has 57 heavy (non-hydrogen) atoms. The van der Waals surface area contributed by atoms with Gasteiger partial charge in [0.05, 0.1) is 30.7 Å². The van der Waals surface area contributed by atoms with Crippen LogP contribution in [0.25, 0.3) is 0 Å². The van der Waals surface area contributed by atoms with Gasteiger partial charge < -0.3 is 43.9 Å². The van der Waals surface area contributed by atoms with E-state index < -0.39 is 11.5 Å². The average Bonchev–Trinajstić information content (AvgIpc) is 3.19. The highest BCUT2D eigenvalue weighted by Gasteiger charge is 2.29. The lowest BCUT2D eigenvalue weighted by atomic mass is 10.0. The van der Waals surface area contributed by atoms with E-state index in [1.165, 1.54) is 12.0 Å². The minimum Gasteiger partial charge on any atom is -0.495 e. The number of piperidine rings is 1. The number of nitrogens with one attached hydrogen (secondary N) is 1. The van der Waals surface area contributed by atoms with Crippen molar-refractivity contribution in [1.82, 2.24) is 14.7 Å². The molecule has 3 aromatic carbocycles. The Hall–Kier alpha value is -5.30. The molecular formula is C44H59N5O8. The van der Waals surface area contributed by atoms with Crippen LogP contribution in [0.4, 0.5) is 16.2 Å². The Morgan fingerprint density at radius 3 is 2.19 bits per heavy atom. The molecule has 1 atom stereocenters. The second-order valence-electron chi connectivity index (χ2n) is 15.9. The molecule has 2 aliphatic rings. The van der Waals surface area contributed by atoms with Gasteiger partial charge in [0.1, 0.15) is 29.0 Å². The number of piperazine rings is 1. The number of hydrogen-bond donors (Lipinski definition) is 1. The number of nitrogens with zero attached hydrogens (tertiary/aromatic N) is 4. The maximum Gasteiger partial charge on any atom is 0.410 e. The Morgan fingerprint density at radius 2 is 1.51 bits per heavy atom. The number of carbonyl (C=O) groups is 4. The van der Waals surface area contributed by atoms with E-state index in [-0.39, 0.29) is 24.0 Å². The number of likely N-dealkylation sites (N-methyl/N-ethyl adjacent to an activating group) is 1. The van der Waals surface area contributed by atoms with Crippen molar-refractivity contribution in [1.29, 1.82) is 0 Å². The van der Waals surface area contributed by atoms with Gasteiger partial charge in [-0.15, -0.1) is 0 Å². The smallest absolute Gasteiger partial charge is 0.410 e. The molecule has 4 amide bonds.